The Balaban J connectivity index is 0.975. The predicted molar refractivity (Wildman–Crippen MR) is 204 cm³/mol. The molecule has 1 fully saturated rings. The highest BCUT2D eigenvalue weighted by atomic mass is 32.1. The molecular weight excluding hydrogens is 681 g/mol. The Bertz CT molecular complexity index is 2080. The third-order valence-corrected chi connectivity index (χ3v) is 8.95. The molecule has 0 aliphatic carbocycles. The number of hydrogen-bond donors (Lipinski definition) is 5. The van der Waals surface area contributed by atoms with Crippen LogP contribution in [0.25, 0.3) is 10.8 Å². The Morgan fingerprint density at radius 3 is 2.19 bits per heavy atom. The number of hydrogen-bond acceptors (Lipinski definition) is 9. The van der Waals surface area contributed by atoms with E-state index >= 15 is 0 Å². The topological polar surface area (TPSA) is 159 Å². The highest BCUT2D eigenvalue weighted by molar-refractivity contribution is 7.80. The smallest absolute Gasteiger partial charge is 0.287 e. The average molecular weight is 723 g/mol. The molecule has 6 rings (SSSR count). The molecule has 15 heteroatoms. The molecule has 4 N–H and O–H groups in total. The Labute approximate surface area is 307 Å². The first-order chi connectivity index (χ1) is 25.0. The van der Waals surface area contributed by atoms with E-state index in [4.69, 9.17) is 0 Å². The van der Waals surface area contributed by atoms with Crippen LogP contribution in [0, 0.1) is 0 Å². The van der Waals surface area contributed by atoms with Crippen LogP contribution < -0.4 is 21.3 Å². The molecule has 52 heavy (non-hydrogen) atoms. The number of piperazine rings is 1. The van der Waals surface area contributed by atoms with Crippen molar-refractivity contribution in [3.05, 3.63) is 102 Å². The molecule has 4 amide bonds. The van der Waals surface area contributed by atoms with Crippen molar-refractivity contribution >= 4 is 64.2 Å². The van der Waals surface area contributed by atoms with Crippen LogP contribution in [0.5, 0.6) is 0 Å². The van der Waals surface area contributed by atoms with Crippen molar-refractivity contribution < 1.29 is 19.2 Å². The van der Waals surface area contributed by atoms with Crippen LogP contribution in [-0.2, 0) is 14.1 Å². The fourth-order valence-corrected chi connectivity index (χ4v) is 6.29. The molecular formula is C37H42N10O4S. The van der Waals surface area contributed by atoms with Crippen LogP contribution in [0.2, 0.25) is 0 Å². The summed E-state index contributed by atoms with van der Waals surface area (Å²) < 4.78 is 3.18. The van der Waals surface area contributed by atoms with Gasteiger partial charge in [-0.25, -0.2) is 4.98 Å². The number of nitrogens with one attached hydrogen (secondary N) is 4. The minimum Gasteiger partial charge on any atom is -0.348 e. The molecule has 0 unspecified atom stereocenters. The van der Waals surface area contributed by atoms with Gasteiger partial charge in [-0.05, 0) is 41.8 Å². The zero-order chi connectivity index (χ0) is 36.8. The number of aryl methyl sites for hydroxylation is 2. The molecule has 1 aliphatic rings. The normalized spacial score (nSPS) is 14.2. The third-order valence-electron chi connectivity index (χ3n) is 8.79. The second-order valence-electron chi connectivity index (χ2n) is 12.9. The SMILES string of the molecule is C[C@H](S)CN1CCN(CCNC(=O)c2nc(NC(=O)c3ccc(NC(=O)c4cc(NC(=O)c5cc6ccccc6cn5)cn4C)cc3)cn2C)CC1. The summed E-state index contributed by atoms with van der Waals surface area (Å²) in [5.74, 6) is -1.09. The van der Waals surface area contributed by atoms with Crippen LogP contribution in [0.4, 0.5) is 17.2 Å². The number of pyridine rings is 1. The maximum atomic E-state index is 13.1. The third kappa shape index (κ3) is 9.04. The van der Waals surface area contributed by atoms with Crippen LogP contribution in [0.15, 0.2) is 79.3 Å². The number of carbonyl (C=O) groups excluding carboxylic acids is 4. The van der Waals surface area contributed by atoms with Crippen molar-refractivity contribution in [1.29, 1.82) is 0 Å². The van der Waals surface area contributed by atoms with Crippen LogP contribution in [-0.4, -0.2) is 104 Å². The number of imidazole rings is 1. The monoisotopic (exact) mass is 722 g/mol. The van der Waals surface area contributed by atoms with Crippen molar-refractivity contribution in [3.63, 3.8) is 0 Å². The van der Waals surface area contributed by atoms with Gasteiger partial charge in [-0.15, -0.1) is 0 Å². The number of nitrogens with zero attached hydrogens (tertiary/aromatic N) is 6. The van der Waals surface area contributed by atoms with E-state index < -0.39 is 17.7 Å². The minimum atomic E-state index is -0.418. The molecule has 0 radical (unpaired) electrons. The number of anilines is 3. The first-order valence-electron chi connectivity index (χ1n) is 17.0. The fourth-order valence-electron chi connectivity index (χ4n) is 6.06. The number of fused-ring (bicyclic) bond motifs is 1. The van der Waals surface area contributed by atoms with Gasteiger partial charge in [-0.2, -0.15) is 12.6 Å². The van der Waals surface area contributed by atoms with Crippen LogP contribution in [0.3, 0.4) is 0 Å². The Morgan fingerprint density at radius 2 is 1.46 bits per heavy atom. The highest BCUT2D eigenvalue weighted by Gasteiger charge is 2.20. The lowest BCUT2D eigenvalue weighted by Gasteiger charge is -2.35. The molecule has 0 bridgehead atoms. The Hall–Kier alpha value is -5.51. The molecule has 3 aromatic heterocycles. The summed E-state index contributed by atoms with van der Waals surface area (Å²) in [6.45, 7) is 8.18. The van der Waals surface area contributed by atoms with Gasteiger partial charge in [-0.3, -0.25) is 34.0 Å². The number of carbonyl (C=O) groups is 4. The maximum Gasteiger partial charge on any atom is 0.287 e. The molecule has 1 saturated heterocycles. The van der Waals surface area contributed by atoms with E-state index in [9.17, 15) is 19.2 Å². The molecule has 4 heterocycles. The Kier molecular flexibility index (Phi) is 11.3. The summed E-state index contributed by atoms with van der Waals surface area (Å²) in [6.07, 6.45) is 4.87. The van der Waals surface area contributed by atoms with Crippen LogP contribution >= 0.6 is 12.6 Å². The van der Waals surface area contributed by atoms with Crippen molar-refractivity contribution in [2.24, 2.45) is 14.1 Å². The summed E-state index contributed by atoms with van der Waals surface area (Å²) >= 11 is 4.48. The van der Waals surface area contributed by atoms with Gasteiger partial charge in [0.25, 0.3) is 23.6 Å². The molecule has 2 aromatic carbocycles. The van der Waals surface area contributed by atoms with E-state index in [-0.39, 0.29) is 23.2 Å². The number of aromatic nitrogens is 4. The van der Waals surface area contributed by atoms with E-state index in [0.717, 1.165) is 50.0 Å². The summed E-state index contributed by atoms with van der Waals surface area (Å²) in [4.78, 5) is 65.1. The molecule has 14 nitrogen and oxygen atoms in total. The van der Waals surface area contributed by atoms with Gasteiger partial charge in [0.05, 0.1) is 5.69 Å². The zero-order valence-corrected chi connectivity index (χ0v) is 30.2. The van der Waals surface area contributed by atoms with Crippen LogP contribution in [0.1, 0.15) is 48.9 Å². The first kappa shape index (κ1) is 36.3. The number of thiol groups is 1. The quantitative estimate of drug-likeness (QED) is 0.122. The maximum absolute atomic E-state index is 13.1. The Morgan fingerprint density at radius 1 is 0.769 bits per heavy atom. The average Bonchev–Trinajstić information content (AvgIpc) is 3.69. The standard InChI is InChI=1S/C37H42N10O4S/c1-24(52)21-47-16-14-46(15-17-47)13-12-38-37(51)33-42-32(23-45(33)3)43-34(48)25-8-10-28(11-9-25)40-36(50)31-19-29(22-44(31)2)41-35(49)30-18-26-6-4-5-7-27(26)20-39-30/h4-11,18-20,22-24,52H,12-17,21H2,1-3H3,(H,38,51)(H,40,50)(H,41,49)(H,43,48)/t24-/m0/s1. The summed E-state index contributed by atoms with van der Waals surface area (Å²) in [5.41, 5.74) is 1.83. The van der Waals surface area contributed by atoms with Gasteiger partial charge in [0.2, 0.25) is 5.82 Å². The van der Waals surface area contributed by atoms with E-state index in [1.54, 1.807) is 78.2 Å². The van der Waals surface area contributed by atoms with E-state index in [0.29, 0.717) is 34.4 Å². The molecule has 0 saturated carbocycles. The second kappa shape index (κ2) is 16.2. The number of rotatable bonds is 12. The van der Waals surface area contributed by atoms with Gasteiger partial charge >= 0.3 is 0 Å². The van der Waals surface area contributed by atoms with Gasteiger partial charge in [0.15, 0.2) is 5.82 Å². The first-order valence-corrected chi connectivity index (χ1v) is 17.5. The van der Waals surface area contributed by atoms with Crippen molar-refractivity contribution in [2.45, 2.75) is 12.2 Å². The highest BCUT2D eigenvalue weighted by Crippen LogP contribution is 2.19. The molecule has 1 aliphatic heterocycles. The summed E-state index contributed by atoms with van der Waals surface area (Å²) in [6, 6.07) is 17.3. The lowest BCUT2D eigenvalue weighted by Crippen LogP contribution is -2.49. The van der Waals surface area contributed by atoms with E-state index in [2.05, 4.69) is 60.6 Å². The summed E-state index contributed by atoms with van der Waals surface area (Å²) in [5, 5.41) is 13.5. The molecule has 270 valence electrons. The second-order valence-corrected chi connectivity index (χ2v) is 13.8. The lowest BCUT2D eigenvalue weighted by atomic mass is 10.1. The molecule has 1 atom stereocenters. The van der Waals surface area contributed by atoms with E-state index in [1.807, 2.05) is 24.3 Å². The van der Waals surface area contributed by atoms with Gasteiger partial charge < -0.3 is 30.4 Å². The van der Waals surface area contributed by atoms with Gasteiger partial charge in [0.1, 0.15) is 11.4 Å². The zero-order valence-electron chi connectivity index (χ0n) is 29.3. The fraction of sp³-hybridized carbons (Fsp3) is 0.297. The van der Waals surface area contributed by atoms with E-state index in [1.165, 1.54) is 0 Å². The minimum absolute atomic E-state index is 0.190. The number of benzene rings is 2. The van der Waals surface area contributed by atoms with Crippen molar-refractivity contribution in [1.82, 2.24) is 34.2 Å². The van der Waals surface area contributed by atoms with Gasteiger partial charge in [0, 0.05) is 100 Å². The predicted octanol–water partition coefficient (Wildman–Crippen LogP) is 3.73. The number of amides is 4. The molecule has 0 spiro atoms. The molecule has 5 aromatic rings. The van der Waals surface area contributed by atoms with Crippen molar-refractivity contribution in [2.75, 3.05) is 61.8 Å². The van der Waals surface area contributed by atoms with Crippen molar-refractivity contribution in [3.8, 4) is 0 Å². The summed E-state index contributed by atoms with van der Waals surface area (Å²) in [7, 11) is 3.40. The van der Waals surface area contributed by atoms with Gasteiger partial charge in [-0.1, -0.05) is 31.2 Å². The lowest BCUT2D eigenvalue weighted by molar-refractivity contribution is 0.0921. The largest absolute Gasteiger partial charge is 0.348 e.